The van der Waals surface area contributed by atoms with E-state index in [4.69, 9.17) is 0 Å². The summed E-state index contributed by atoms with van der Waals surface area (Å²) in [7, 11) is 0. The van der Waals surface area contributed by atoms with E-state index in [1.54, 1.807) is 30.4 Å². The quantitative estimate of drug-likeness (QED) is 0.695. The second kappa shape index (κ2) is 6.71. The van der Waals surface area contributed by atoms with Gasteiger partial charge in [-0.2, -0.15) is 5.10 Å². The minimum atomic E-state index is -0.501. The molecule has 0 radical (unpaired) electrons. The van der Waals surface area contributed by atoms with Gasteiger partial charge in [-0.3, -0.25) is 9.89 Å². The van der Waals surface area contributed by atoms with Gasteiger partial charge >= 0.3 is 0 Å². The van der Waals surface area contributed by atoms with Crippen LogP contribution < -0.4 is 5.32 Å². The zero-order chi connectivity index (χ0) is 18.1. The summed E-state index contributed by atoms with van der Waals surface area (Å²) in [5.41, 5.74) is 2.13. The third-order valence-corrected chi connectivity index (χ3v) is 4.43. The van der Waals surface area contributed by atoms with Gasteiger partial charge in [-0.05, 0) is 48.6 Å². The summed E-state index contributed by atoms with van der Waals surface area (Å²) in [6.07, 6.45) is 6.12. The first-order chi connectivity index (χ1) is 12.6. The lowest BCUT2D eigenvalue weighted by Gasteiger charge is -2.06. The summed E-state index contributed by atoms with van der Waals surface area (Å²) in [5.74, 6) is -0.531. The molecule has 1 amide bonds. The first kappa shape index (κ1) is 16.4. The predicted molar refractivity (Wildman–Crippen MR) is 97.4 cm³/mol. The van der Waals surface area contributed by atoms with Gasteiger partial charge in [0.25, 0.3) is 0 Å². The topological polar surface area (TPSA) is 57.8 Å². The van der Waals surface area contributed by atoms with E-state index < -0.39 is 5.82 Å². The minimum absolute atomic E-state index is 0.154. The lowest BCUT2D eigenvalue weighted by molar-refractivity contribution is -0.116. The smallest absolute Gasteiger partial charge is 0.224 e. The number of fused-ring (bicyclic) bond motifs is 1. The number of amides is 1. The third kappa shape index (κ3) is 3.64. The van der Waals surface area contributed by atoms with Crippen molar-refractivity contribution in [2.75, 3.05) is 5.32 Å². The van der Waals surface area contributed by atoms with Crippen LogP contribution in [-0.4, -0.2) is 16.1 Å². The fraction of sp³-hybridized carbons (Fsp3) is 0.200. The largest absolute Gasteiger partial charge is 0.324 e. The van der Waals surface area contributed by atoms with Crippen molar-refractivity contribution >= 4 is 34.6 Å². The van der Waals surface area contributed by atoms with Gasteiger partial charge in [0.1, 0.15) is 11.6 Å². The molecule has 4 nitrogen and oxygen atoms in total. The first-order valence-corrected chi connectivity index (χ1v) is 8.49. The fourth-order valence-electron chi connectivity index (χ4n) is 2.82. The molecule has 3 aromatic rings. The summed E-state index contributed by atoms with van der Waals surface area (Å²) in [4.78, 5) is 12.0. The number of H-pyrrole nitrogens is 1. The number of benzene rings is 2. The Labute approximate surface area is 148 Å². The van der Waals surface area contributed by atoms with E-state index in [0.29, 0.717) is 28.9 Å². The predicted octanol–water partition coefficient (Wildman–Crippen LogP) is 4.75. The van der Waals surface area contributed by atoms with Crippen LogP contribution >= 0.6 is 0 Å². The highest BCUT2D eigenvalue weighted by Crippen LogP contribution is 2.33. The van der Waals surface area contributed by atoms with Crippen molar-refractivity contribution in [1.29, 1.82) is 0 Å². The second-order valence-electron chi connectivity index (χ2n) is 6.57. The molecule has 1 aliphatic carbocycles. The number of rotatable bonds is 5. The zero-order valence-electron chi connectivity index (χ0n) is 13.9. The van der Waals surface area contributed by atoms with Gasteiger partial charge in [0.2, 0.25) is 5.91 Å². The van der Waals surface area contributed by atoms with Gasteiger partial charge in [0.05, 0.1) is 16.9 Å². The van der Waals surface area contributed by atoms with Gasteiger partial charge in [0.15, 0.2) is 0 Å². The summed E-state index contributed by atoms with van der Waals surface area (Å²) in [5, 5.41) is 10.3. The van der Waals surface area contributed by atoms with Crippen LogP contribution in [0.1, 0.15) is 30.5 Å². The second-order valence-corrected chi connectivity index (χ2v) is 6.57. The van der Waals surface area contributed by atoms with Gasteiger partial charge in [-0.1, -0.05) is 18.2 Å². The molecule has 26 heavy (non-hydrogen) atoms. The summed E-state index contributed by atoms with van der Waals surface area (Å²) in [6.45, 7) is 0. The number of carbonyl (C=O) groups excluding carboxylic acids is 1. The van der Waals surface area contributed by atoms with Crippen molar-refractivity contribution in [3.63, 3.8) is 0 Å². The Kier molecular flexibility index (Phi) is 4.24. The Hall–Kier alpha value is -3.02. The van der Waals surface area contributed by atoms with Crippen LogP contribution in [-0.2, 0) is 4.79 Å². The van der Waals surface area contributed by atoms with Crippen LogP contribution in [0.2, 0.25) is 0 Å². The highest BCUT2D eigenvalue weighted by atomic mass is 19.1. The Morgan fingerprint density at radius 3 is 2.69 bits per heavy atom. The van der Waals surface area contributed by atoms with Crippen molar-refractivity contribution in [2.24, 2.45) is 5.92 Å². The molecule has 2 aromatic carbocycles. The van der Waals surface area contributed by atoms with E-state index in [1.165, 1.54) is 18.2 Å². The van der Waals surface area contributed by atoms with Gasteiger partial charge < -0.3 is 5.32 Å². The molecule has 2 N–H and O–H groups in total. The summed E-state index contributed by atoms with van der Waals surface area (Å²) < 4.78 is 27.2. The van der Waals surface area contributed by atoms with Crippen molar-refractivity contribution < 1.29 is 13.6 Å². The third-order valence-electron chi connectivity index (χ3n) is 4.43. The van der Waals surface area contributed by atoms with Crippen LogP contribution in [0.25, 0.3) is 23.1 Å². The molecule has 132 valence electrons. The molecule has 6 heteroatoms. The number of halogens is 2. The fourth-order valence-corrected chi connectivity index (χ4v) is 2.82. The van der Waals surface area contributed by atoms with E-state index in [0.717, 1.165) is 18.4 Å². The van der Waals surface area contributed by atoms with E-state index in [1.807, 2.05) is 0 Å². The maximum Gasteiger partial charge on any atom is 0.224 e. The Bertz CT molecular complexity index is 988. The Morgan fingerprint density at radius 1 is 1.19 bits per heavy atom. The van der Waals surface area contributed by atoms with Crippen molar-refractivity contribution in [3.8, 4) is 0 Å². The molecule has 0 saturated heterocycles. The van der Waals surface area contributed by atoms with Crippen LogP contribution in [0.4, 0.5) is 14.5 Å². The molecule has 1 aromatic heterocycles. The van der Waals surface area contributed by atoms with E-state index >= 15 is 0 Å². The SMILES string of the molecule is O=C(CC1CC1)Nc1cc2c(/C=C/c3ccc(F)cc3)n[nH]c2cc1F. The zero-order valence-corrected chi connectivity index (χ0v) is 13.9. The summed E-state index contributed by atoms with van der Waals surface area (Å²) >= 11 is 0. The molecular weight excluding hydrogens is 336 g/mol. The van der Waals surface area contributed by atoms with Crippen LogP contribution in [0, 0.1) is 17.6 Å². The molecule has 1 aliphatic rings. The van der Waals surface area contributed by atoms with Crippen molar-refractivity contribution in [3.05, 3.63) is 59.3 Å². The van der Waals surface area contributed by atoms with E-state index in [-0.39, 0.29) is 17.4 Å². The first-order valence-electron chi connectivity index (χ1n) is 8.49. The molecule has 0 unspecified atom stereocenters. The molecule has 1 fully saturated rings. The van der Waals surface area contributed by atoms with E-state index in [9.17, 15) is 13.6 Å². The molecule has 0 spiro atoms. The number of nitrogens with zero attached hydrogens (tertiary/aromatic N) is 1. The standard InChI is InChI=1S/C20H17F2N3O/c21-14-6-3-12(4-7-14)5-8-17-15-10-19(16(22)11-18(15)25-24-17)23-20(26)9-13-1-2-13/h3-8,10-11,13H,1-2,9H2,(H,23,26)(H,24,25)/b8-5+. The number of aromatic nitrogens is 2. The molecule has 0 atom stereocenters. The monoisotopic (exact) mass is 353 g/mol. The maximum atomic E-state index is 14.2. The average molecular weight is 353 g/mol. The lowest BCUT2D eigenvalue weighted by Crippen LogP contribution is -2.13. The van der Waals surface area contributed by atoms with Crippen LogP contribution in [0.15, 0.2) is 36.4 Å². The average Bonchev–Trinajstić information content (AvgIpc) is 3.34. The Morgan fingerprint density at radius 2 is 1.96 bits per heavy atom. The van der Waals surface area contributed by atoms with Crippen molar-refractivity contribution in [1.82, 2.24) is 10.2 Å². The van der Waals surface area contributed by atoms with Gasteiger partial charge in [-0.25, -0.2) is 8.78 Å². The van der Waals surface area contributed by atoms with Gasteiger partial charge in [0, 0.05) is 17.9 Å². The highest BCUT2D eigenvalue weighted by molar-refractivity contribution is 5.96. The molecule has 0 bridgehead atoms. The molecule has 0 aliphatic heterocycles. The molecule has 4 rings (SSSR count). The number of hydrogen-bond acceptors (Lipinski definition) is 2. The minimum Gasteiger partial charge on any atom is -0.324 e. The normalized spacial score (nSPS) is 14.2. The number of anilines is 1. The number of hydrogen-bond donors (Lipinski definition) is 2. The van der Waals surface area contributed by atoms with Gasteiger partial charge in [-0.15, -0.1) is 0 Å². The molecule has 1 heterocycles. The number of aromatic amines is 1. The molecule has 1 saturated carbocycles. The Balaban J connectivity index is 1.60. The lowest BCUT2D eigenvalue weighted by atomic mass is 10.1. The van der Waals surface area contributed by atoms with Crippen LogP contribution in [0.5, 0.6) is 0 Å². The number of nitrogens with one attached hydrogen (secondary N) is 2. The highest BCUT2D eigenvalue weighted by Gasteiger charge is 2.24. The number of carbonyl (C=O) groups is 1. The van der Waals surface area contributed by atoms with Crippen molar-refractivity contribution in [2.45, 2.75) is 19.3 Å². The molecular formula is C20H17F2N3O. The summed E-state index contributed by atoms with van der Waals surface area (Å²) in [6, 6.07) is 8.98. The van der Waals surface area contributed by atoms with Crippen LogP contribution in [0.3, 0.4) is 0 Å². The van der Waals surface area contributed by atoms with E-state index in [2.05, 4.69) is 15.5 Å². The maximum absolute atomic E-state index is 14.2.